The number of thioether (sulfide) groups is 1. The van der Waals surface area contributed by atoms with E-state index in [0.717, 1.165) is 31.4 Å². The molecule has 0 heterocycles. The lowest BCUT2D eigenvalue weighted by Crippen LogP contribution is -2.38. The average Bonchev–Trinajstić information content (AvgIpc) is 2.48. The van der Waals surface area contributed by atoms with E-state index in [1.165, 1.54) is 0 Å². The Balaban J connectivity index is 2.00. The first-order valence-corrected chi connectivity index (χ1v) is 9.65. The molecule has 1 saturated carbocycles. The number of hydrogen-bond acceptors (Lipinski definition) is 4. The summed E-state index contributed by atoms with van der Waals surface area (Å²) in [6.07, 6.45) is 6.16. The van der Waals surface area contributed by atoms with Gasteiger partial charge in [-0.05, 0) is 56.2 Å². The summed E-state index contributed by atoms with van der Waals surface area (Å²) in [6, 6.07) is 6.91. The Kier molecular flexibility index (Phi) is 5.35. The van der Waals surface area contributed by atoms with Gasteiger partial charge in [0.15, 0.2) is 0 Å². The quantitative estimate of drug-likeness (QED) is 0.877. The maximum Gasteiger partial charge on any atom is 0.240 e. The first-order valence-electron chi connectivity index (χ1n) is 6.88. The molecule has 6 heteroatoms. The first-order chi connectivity index (χ1) is 9.55. The fourth-order valence-electron chi connectivity index (χ4n) is 2.50. The van der Waals surface area contributed by atoms with Gasteiger partial charge in [-0.3, -0.25) is 0 Å². The van der Waals surface area contributed by atoms with Crippen molar-refractivity contribution in [3.8, 4) is 0 Å². The Labute approximate surface area is 125 Å². The van der Waals surface area contributed by atoms with Gasteiger partial charge in [0, 0.05) is 24.0 Å². The summed E-state index contributed by atoms with van der Waals surface area (Å²) < 4.78 is 27.5. The number of sulfonamides is 1. The molecule has 20 heavy (non-hydrogen) atoms. The molecular formula is C14H22N2O2S2. The van der Waals surface area contributed by atoms with Crippen molar-refractivity contribution in [3.63, 3.8) is 0 Å². The van der Waals surface area contributed by atoms with Gasteiger partial charge in [-0.25, -0.2) is 13.1 Å². The molecule has 2 rings (SSSR count). The molecule has 0 radical (unpaired) electrons. The van der Waals surface area contributed by atoms with Crippen molar-refractivity contribution in [3.05, 3.63) is 24.3 Å². The van der Waals surface area contributed by atoms with Crippen LogP contribution in [0.25, 0.3) is 0 Å². The van der Waals surface area contributed by atoms with Gasteiger partial charge in [0.1, 0.15) is 0 Å². The fraction of sp³-hybridized carbons (Fsp3) is 0.571. The van der Waals surface area contributed by atoms with Gasteiger partial charge in [0.05, 0.1) is 4.90 Å². The minimum atomic E-state index is -3.39. The second kappa shape index (κ2) is 6.83. The third-order valence-electron chi connectivity index (χ3n) is 3.78. The average molecular weight is 314 g/mol. The third-order valence-corrected chi connectivity index (χ3v) is 6.46. The molecule has 1 aromatic carbocycles. The molecular weight excluding hydrogens is 292 g/mol. The second-order valence-corrected chi connectivity index (χ2v) is 7.96. The predicted octanol–water partition coefficient (Wildman–Crippen LogP) is 2.68. The smallest absolute Gasteiger partial charge is 0.240 e. The molecule has 0 amide bonds. The molecule has 0 atom stereocenters. The van der Waals surface area contributed by atoms with Gasteiger partial charge in [-0.2, -0.15) is 11.8 Å². The highest BCUT2D eigenvalue weighted by Gasteiger charge is 2.25. The van der Waals surface area contributed by atoms with Crippen LogP contribution in [0.2, 0.25) is 0 Å². The highest BCUT2D eigenvalue weighted by atomic mass is 32.2. The maximum atomic E-state index is 12.3. The Hall–Kier alpha value is -0.720. The predicted molar refractivity (Wildman–Crippen MR) is 85.9 cm³/mol. The van der Waals surface area contributed by atoms with Crippen molar-refractivity contribution in [1.29, 1.82) is 0 Å². The molecule has 1 aromatic rings. The van der Waals surface area contributed by atoms with E-state index in [-0.39, 0.29) is 6.04 Å². The Morgan fingerprint density at radius 2 is 1.70 bits per heavy atom. The lowest BCUT2D eigenvalue weighted by molar-refractivity contribution is 0.420. The van der Waals surface area contributed by atoms with Crippen LogP contribution in [-0.2, 0) is 10.0 Å². The van der Waals surface area contributed by atoms with E-state index in [0.29, 0.717) is 10.1 Å². The van der Waals surface area contributed by atoms with Gasteiger partial charge in [-0.1, -0.05) is 0 Å². The third kappa shape index (κ3) is 3.90. The number of rotatable bonds is 5. The van der Waals surface area contributed by atoms with Gasteiger partial charge < -0.3 is 5.32 Å². The molecule has 4 nitrogen and oxygen atoms in total. The lowest BCUT2D eigenvalue weighted by atomic mass is 9.96. The highest BCUT2D eigenvalue weighted by molar-refractivity contribution is 7.99. The molecule has 0 aliphatic heterocycles. The van der Waals surface area contributed by atoms with Crippen molar-refractivity contribution < 1.29 is 8.42 Å². The van der Waals surface area contributed by atoms with Crippen molar-refractivity contribution in [2.45, 2.75) is 41.9 Å². The van der Waals surface area contributed by atoms with E-state index in [1.807, 2.05) is 18.8 Å². The summed E-state index contributed by atoms with van der Waals surface area (Å²) in [5.74, 6) is 0. The summed E-state index contributed by atoms with van der Waals surface area (Å²) in [4.78, 5) is 0.337. The van der Waals surface area contributed by atoms with Crippen molar-refractivity contribution in [2.24, 2.45) is 0 Å². The van der Waals surface area contributed by atoms with Crippen LogP contribution >= 0.6 is 11.8 Å². The summed E-state index contributed by atoms with van der Waals surface area (Å²) in [7, 11) is -1.58. The summed E-state index contributed by atoms with van der Waals surface area (Å²) in [5.41, 5.74) is 0.907. The lowest BCUT2D eigenvalue weighted by Gasteiger charge is -2.27. The van der Waals surface area contributed by atoms with Crippen LogP contribution in [0.5, 0.6) is 0 Å². The van der Waals surface area contributed by atoms with Crippen LogP contribution in [0.4, 0.5) is 5.69 Å². The molecule has 1 fully saturated rings. The zero-order chi connectivity index (χ0) is 14.6. The normalized spacial score (nSPS) is 23.5. The van der Waals surface area contributed by atoms with E-state index >= 15 is 0 Å². The molecule has 112 valence electrons. The largest absolute Gasteiger partial charge is 0.388 e. The summed E-state index contributed by atoms with van der Waals surface area (Å²) in [6.45, 7) is 0. The van der Waals surface area contributed by atoms with E-state index in [4.69, 9.17) is 0 Å². The van der Waals surface area contributed by atoms with Crippen molar-refractivity contribution in [2.75, 3.05) is 18.6 Å². The second-order valence-electron chi connectivity index (χ2n) is 5.11. The Morgan fingerprint density at radius 3 is 2.20 bits per heavy atom. The van der Waals surface area contributed by atoms with Crippen LogP contribution in [0.1, 0.15) is 25.7 Å². The van der Waals surface area contributed by atoms with Gasteiger partial charge >= 0.3 is 0 Å². The highest BCUT2D eigenvalue weighted by Crippen LogP contribution is 2.27. The molecule has 1 aliphatic rings. The van der Waals surface area contributed by atoms with Crippen molar-refractivity contribution >= 4 is 27.5 Å². The summed E-state index contributed by atoms with van der Waals surface area (Å²) >= 11 is 1.88. The molecule has 0 unspecified atom stereocenters. The van der Waals surface area contributed by atoms with E-state index in [9.17, 15) is 8.42 Å². The van der Waals surface area contributed by atoms with Crippen LogP contribution in [0.3, 0.4) is 0 Å². The zero-order valence-corrected chi connectivity index (χ0v) is 13.6. The minimum Gasteiger partial charge on any atom is -0.388 e. The number of anilines is 1. The molecule has 0 bridgehead atoms. The maximum absolute atomic E-state index is 12.3. The van der Waals surface area contributed by atoms with E-state index in [2.05, 4.69) is 16.3 Å². The molecule has 2 N–H and O–H groups in total. The van der Waals surface area contributed by atoms with Crippen LogP contribution < -0.4 is 10.0 Å². The van der Waals surface area contributed by atoms with Gasteiger partial charge in [-0.15, -0.1) is 0 Å². The summed E-state index contributed by atoms with van der Waals surface area (Å²) in [5, 5.41) is 3.67. The van der Waals surface area contributed by atoms with Gasteiger partial charge in [0.25, 0.3) is 0 Å². The number of benzene rings is 1. The Morgan fingerprint density at radius 1 is 1.10 bits per heavy atom. The van der Waals surface area contributed by atoms with Crippen LogP contribution in [0.15, 0.2) is 29.2 Å². The standard InChI is InChI=1S/C14H22N2O2S2/c1-15-11-5-9-14(10-6-11)20(17,18)16-12-3-7-13(19-2)8-4-12/h5-6,9-10,12-13,15-16H,3-4,7-8H2,1-2H3. The van der Waals surface area contributed by atoms with E-state index < -0.39 is 10.0 Å². The first kappa shape index (κ1) is 15.7. The topological polar surface area (TPSA) is 58.2 Å². The number of nitrogens with one attached hydrogen (secondary N) is 2. The van der Waals surface area contributed by atoms with E-state index in [1.54, 1.807) is 24.3 Å². The van der Waals surface area contributed by atoms with Gasteiger partial charge in [0.2, 0.25) is 10.0 Å². The number of hydrogen-bond donors (Lipinski definition) is 2. The fourth-order valence-corrected chi connectivity index (χ4v) is 4.55. The minimum absolute atomic E-state index is 0.0763. The zero-order valence-electron chi connectivity index (χ0n) is 11.9. The SMILES string of the molecule is CNc1ccc(S(=O)(=O)NC2CCC(SC)CC2)cc1. The monoisotopic (exact) mass is 314 g/mol. The van der Waals surface area contributed by atoms with Crippen molar-refractivity contribution in [1.82, 2.24) is 4.72 Å². The molecule has 0 spiro atoms. The van der Waals surface area contributed by atoms with Crippen LogP contribution in [0, 0.1) is 0 Å². The molecule has 0 aromatic heterocycles. The van der Waals surface area contributed by atoms with Crippen LogP contribution in [-0.4, -0.2) is 33.0 Å². The molecule has 0 saturated heterocycles. The molecule has 1 aliphatic carbocycles. The Bertz CT molecular complexity index is 521.